The minimum atomic E-state index is -0.172. The van der Waals surface area contributed by atoms with Crippen molar-refractivity contribution in [2.45, 2.75) is 39.3 Å². The van der Waals surface area contributed by atoms with Gasteiger partial charge in [0.15, 0.2) is 0 Å². The summed E-state index contributed by atoms with van der Waals surface area (Å²) in [5.74, 6) is 0.839. The van der Waals surface area contributed by atoms with E-state index in [9.17, 15) is 4.79 Å². The Balaban J connectivity index is 1.73. The largest absolute Gasteiger partial charge is 0.493 e. The summed E-state index contributed by atoms with van der Waals surface area (Å²) in [6.07, 6.45) is 2.07. The number of likely N-dealkylation sites (tertiary alicyclic amines) is 1. The van der Waals surface area contributed by atoms with Crippen molar-refractivity contribution in [3.05, 3.63) is 58.6 Å². The van der Waals surface area contributed by atoms with Crippen molar-refractivity contribution in [3.63, 3.8) is 0 Å². The van der Waals surface area contributed by atoms with E-state index in [0.29, 0.717) is 34.5 Å². The standard InChI is InChI=1S/C23H30ClN3O2/c1-3-29-22-13-21(25)20(24)12-19(22)23(28)26-18-11-16(2)9-10-27(15-18)14-17-7-5-4-6-8-17/h4-8,12-13,16,18H,3,9-11,14-15,25H2,1-2H3,(H,26,28). The maximum Gasteiger partial charge on any atom is 0.255 e. The second-order valence-corrected chi connectivity index (χ2v) is 8.23. The highest BCUT2D eigenvalue weighted by Crippen LogP contribution is 2.29. The number of carbonyl (C=O) groups excluding carboxylic acids is 1. The van der Waals surface area contributed by atoms with E-state index in [2.05, 4.69) is 41.4 Å². The number of carbonyl (C=O) groups is 1. The Morgan fingerprint density at radius 3 is 2.79 bits per heavy atom. The van der Waals surface area contributed by atoms with Crippen LogP contribution < -0.4 is 15.8 Å². The van der Waals surface area contributed by atoms with Crippen LogP contribution in [-0.4, -0.2) is 36.5 Å². The number of hydrogen-bond acceptors (Lipinski definition) is 4. The fourth-order valence-electron chi connectivity index (χ4n) is 3.86. The summed E-state index contributed by atoms with van der Waals surface area (Å²) < 4.78 is 5.62. The molecule has 0 aliphatic carbocycles. The number of hydrogen-bond donors (Lipinski definition) is 2. The van der Waals surface area contributed by atoms with E-state index < -0.39 is 0 Å². The van der Waals surface area contributed by atoms with Gasteiger partial charge in [-0.2, -0.15) is 0 Å². The van der Waals surface area contributed by atoms with Crippen LogP contribution in [0.2, 0.25) is 5.02 Å². The van der Waals surface area contributed by atoms with Crippen LogP contribution in [0.1, 0.15) is 42.6 Å². The molecule has 0 aromatic heterocycles. The van der Waals surface area contributed by atoms with Crippen LogP contribution in [0.15, 0.2) is 42.5 Å². The molecule has 29 heavy (non-hydrogen) atoms. The molecule has 2 aromatic carbocycles. The van der Waals surface area contributed by atoms with Crippen LogP contribution in [0.4, 0.5) is 5.69 Å². The van der Waals surface area contributed by atoms with Gasteiger partial charge in [0.2, 0.25) is 0 Å². The van der Waals surface area contributed by atoms with E-state index >= 15 is 0 Å². The zero-order chi connectivity index (χ0) is 20.8. The summed E-state index contributed by atoms with van der Waals surface area (Å²) in [5.41, 5.74) is 8.01. The third-order valence-corrected chi connectivity index (χ3v) is 5.66. The van der Waals surface area contributed by atoms with E-state index in [1.165, 1.54) is 5.56 Å². The lowest BCUT2D eigenvalue weighted by molar-refractivity contribution is 0.0920. The van der Waals surface area contributed by atoms with Gasteiger partial charge in [0.05, 0.1) is 22.9 Å². The van der Waals surface area contributed by atoms with E-state index in [1.54, 1.807) is 12.1 Å². The normalized spacial score (nSPS) is 20.1. The zero-order valence-electron chi connectivity index (χ0n) is 17.2. The topological polar surface area (TPSA) is 67.6 Å². The third-order valence-electron chi connectivity index (χ3n) is 5.33. The minimum absolute atomic E-state index is 0.0644. The van der Waals surface area contributed by atoms with Gasteiger partial charge in [-0.15, -0.1) is 0 Å². The molecule has 1 saturated heterocycles. The maximum atomic E-state index is 13.0. The SMILES string of the molecule is CCOc1cc(N)c(Cl)cc1C(=O)NC1CC(C)CCN(Cc2ccccc2)C1. The Hall–Kier alpha value is -2.24. The van der Waals surface area contributed by atoms with Gasteiger partial charge in [0.25, 0.3) is 5.91 Å². The van der Waals surface area contributed by atoms with Crippen molar-refractivity contribution in [2.24, 2.45) is 5.92 Å². The lowest BCUT2D eigenvalue weighted by Crippen LogP contribution is -2.42. The predicted molar refractivity (Wildman–Crippen MR) is 118 cm³/mol. The summed E-state index contributed by atoms with van der Waals surface area (Å²) in [6.45, 7) is 7.31. The fourth-order valence-corrected chi connectivity index (χ4v) is 4.02. The summed E-state index contributed by atoms with van der Waals surface area (Å²) >= 11 is 6.17. The molecule has 5 nitrogen and oxygen atoms in total. The fraction of sp³-hybridized carbons (Fsp3) is 0.435. The molecule has 2 atom stereocenters. The van der Waals surface area contributed by atoms with Gasteiger partial charge in [-0.25, -0.2) is 0 Å². The highest BCUT2D eigenvalue weighted by Gasteiger charge is 2.25. The lowest BCUT2D eigenvalue weighted by Gasteiger charge is -2.25. The molecule has 1 amide bonds. The number of ether oxygens (including phenoxy) is 1. The minimum Gasteiger partial charge on any atom is -0.493 e. The smallest absolute Gasteiger partial charge is 0.255 e. The molecule has 1 fully saturated rings. The second kappa shape index (κ2) is 9.99. The molecule has 1 aliphatic heterocycles. The molecule has 1 heterocycles. The summed E-state index contributed by atoms with van der Waals surface area (Å²) in [4.78, 5) is 15.5. The number of nitrogen functional groups attached to an aromatic ring is 1. The average Bonchev–Trinajstić information content (AvgIpc) is 2.86. The van der Waals surface area contributed by atoms with Crippen LogP contribution in [0.25, 0.3) is 0 Å². The molecule has 3 N–H and O–H groups in total. The number of nitrogens with one attached hydrogen (secondary N) is 1. The van der Waals surface area contributed by atoms with Crippen LogP contribution >= 0.6 is 11.6 Å². The van der Waals surface area contributed by atoms with Gasteiger partial charge >= 0.3 is 0 Å². The molecule has 0 saturated carbocycles. The first kappa shape index (κ1) is 21.5. The molecule has 2 aromatic rings. The maximum absolute atomic E-state index is 13.0. The molecule has 1 aliphatic rings. The van der Waals surface area contributed by atoms with Crippen molar-refractivity contribution in [2.75, 3.05) is 25.4 Å². The monoisotopic (exact) mass is 415 g/mol. The third kappa shape index (κ3) is 5.87. The molecule has 0 radical (unpaired) electrons. The number of nitrogens with zero attached hydrogens (tertiary/aromatic N) is 1. The van der Waals surface area contributed by atoms with E-state index in [0.717, 1.165) is 32.5 Å². The van der Waals surface area contributed by atoms with Gasteiger partial charge in [-0.05, 0) is 43.9 Å². The Labute approximate surface area is 178 Å². The number of halogens is 1. The Morgan fingerprint density at radius 1 is 1.31 bits per heavy atom. The molecule has 2 unspecified atom stereocenters. The summed E-state index contributed by atoms with van der Waals surface area (Å²) in [6, 6.07) is 13.7. The van der Waals surface area contributed by atoms with E-state index in [1.807, 2.05) is 13.0 Å². The van der Waals surface area contributed by atoms with Crippen LogP contribution in [0, 0.1) is 5.92 Å². The lowest BCUT2D eigenvalue weighted by atomic mass is 10.00. The van der Waals surface area contributed by atoms with Crippen LogP contribution in [-0.2, 0) is 6.54 Å². The van der Waals surface area contributed by atoms with Gasteiger partial charge in [-0.1, -0.05) is 48.9 Å². The number of benzene rings is 2. The van der Waals surface area contributed by atoms with Gasteiger partial charge in [0, 0.05) is 25.2 Å². The highest BCUT2D eigenvalue weighted by molar-refractivity contribution is 6.33. The Bertz CT molecular complexity index is 828. The Morgan fingerprint density at radius 2 is 2.07 bits per heavy atom. The molecular formula is C23H30ClN3O2. The zero-order valence-corrected chi connectivity index (χ0v) is 17.9. The van der Waals surface area contributed by atoms with Crippen molar-refractivity contribution in [3.8, 4) is 5.75 Å². The number of nitrogens with two attached hydrogens (primary N) is 1. The summed E-state index contributed by atoms with van der Waals surface area (Å²) in [5, 5.41) is 3.57. The van der Waals surface area contributed by atoms with Crippen molar-refractivity contribution in [1.29, 1.82) is 0 Å². The first-order valence-electron chi connectivity index (χ1n) is 10.2. The van der Waals surface area contributed by atoms with E-state index in [-0.39, 0.29) is 11.9 Å². The van der Waals surface area contributed by atoms with Crippen molar-refractivity contribution >= 4 is 23.2 Å². The van der Waals surface area contributed by atoms with Gasteiger partial charge < -0.3 is 15.8 Å². The first-order chi connectivity index (χ1) is 14.0. The summed E-state index contributed by atoms with van der Waals surface area (Å²) in [7, 11) is 0. The molecule has 0 spiro atoms. The Kier molecular flexibility index (Phi) is 7.40. The van der Waals surface area contributed by atoms with Crippen LogP contribution in [0.3, 0.4) is 0 Å². The van der Waals surface area contributed by atoms with Gasteiger partial charge in [-0.3, -0.25) is 9.69 Å². The number of amides is 1. The quantitative estimate of drug-likeness (QED) is 0.688. The number of anilines is 1. The highest BCUT2D eigenvalue weighted by atomic mass is 35.5. The average molecular weight is 416 g/mol. The molecular weight excluding hydrogens is 386 g/mol. The van der Waals surface area contributed by atoms with Gasteiger partial charge in [0.1, 0.15) is 5.75 Å². The van der Waals surface area contributed by atoms with Crippen molar-refractivity contribution in [1.82, 2.24) is 10.2 Å². The predicted octanol–water partition coefficient (Wildman–Crippen LogP) is 4.35. The van der Waals surface area contributed by atoms with E-state index in [4.69, 9.17) is 22.1 Å². The van der Waals surface area contributed by atoms with Crippen LogP contribution in [0.5, 0.6) is 5.75 Å². The number of rotatable bonds is 6. The first-order valence-corrected chi connectivity index (χ1v) is 10.6. The molecule has 156 valence electrons. The van der Waals surface area contributed by atoms with Crippen molar-refractivity contribution < 1.29 is 9.53 Å². The molecule has 3 rings (SSSR count). The second-order valence-electron chi connectivity index (χ2n) is 7.82. The molecule has 6 heteroatoms. The molecule has 0 bridgehead atoms.